The number of carbonyl (C=O) groups is 2. The average molecular weight is 467 g/mol. The van der Waals surface area contributed by atoms with Crippen molar-refractivity contribution in [1.29, 1.82) is 0 Å². The van der Waals surface area contributed by atoms with Crippen molar-refractivity contribution in [2.24, 2.45) is 5.92 Å². The Morgan fingerprint density at radius 2 is 1.59 bits per heavy atom. The highest BCUT2D eigenvalue weighted by Crippen LogP contribution is 2.37. The van der Waals surface area contributed by atoms with Crippen LogP contribution in [0.4, 0.5) is 26.3 Å². The summed E-state index contributed by atoms with van der Waals surface area (Å²) in [6.07, 6.45) is -4.53. The topological polar surface area (TPSA) is 46.6 Å². The first-order valence-corrected chi connectivity index (χ1v) is 10.7. The van der Waals surface area contributed by atoms with E-state index in [9.17, 15) is 35.9 Å². The van der Waals surface area contributed by atoms with Crippen molar-refractivity contribution in [2.75, 3.05) is 19.7 Å². The maximum absolute atomic E-state index is 13.3. The van der Waals surface area contributed by atoms with Gasteiger partial charge < -0.3 is 9.64 Å². The second-order valence-electron chi connectivity index (χ2n) is 7.90. The first-order valence-electron chi connectivity index (χ1n) is 10.7. The van der Waals surface area contributed by atoms with Crippen LogP contribution in [0.1, 0.15) is 73.4 Å². The molecular formula is C22H27F6NO3. The molecule has 0 N–H and O–H groups in total. The predicted molar refractivity (Wildman–Crippen MR) is 105 cm³/mol. The van der Waals surface area contributed by atoms with Gasteiger partial charge in [0.2, 0.25) is 0 Å². The molecule has 0 aromatic heterocycles. The van der Waals surface area contributed by atoms with Crippen molar-refractivity contribution in [1.82, 2.24) is 4.90 Å². The van der Waals surface area contributed by atoms with Gasteiger partial charge in [-0.3, -0.25) is 9.59 Å². The van der Waals surface area contributed by atoms with Gasteiger partial charge in [0.05, 0.1) is 29.2 Å². The number of halogens is 6. The fraction of sp³-hybridized carbons (Fsp3) is 0.636. The van der Waals surface area contributed by atoms with Crippen LogP contribution in [0.3, 0.4) is 0 Å². The van der Waals surface area contributed by atoms with Crippen LogP contribution in [-0.4, -0.2) is 36.5 Å². The highest BCUT2D eigenvalue weighted by Gasteiger charge is 2.40. The van der Waals surface area contributed by atoms with Crippen molar-refractivity contribution in [3.8, 4) is 0 Å². The average Bonchev–Trinajstić information content (AvgIpc) is 2.74. The molecule has 10 heteroatoms. The number of likely N-dealkylation sites (tertiary alicyclic amines) is 1. The number of carbonyl (C=O) groups excluding carboxylic acids is 2. The van der Waals surface area contributed by atoms with Gasteiger partial charge in [-0.2, -0.15) is 26.3 Å². The Hall–Kier alpha value is -2.26. The number of ether oxygens (including phenoxy) is 1. The van der Waals surface area contributed by atoms with Gasteiger partial charge in [0.15, 0.2) is 0 Å². The Kier molecular flexibility index (Phi) is 8.98. The normalized spacial score (nSPS) is 15.7. The summed E-state index contributed by atoms with van der Waals surface area (Å²) in [5.41, 5.74) is -3.79. The zero-order valence-corrected chi connectivity index (χ0v) is 17.8. The molecule has 1 fully saturated rings. The lowest BCUT2D eigenvalue weighted by atomic mass is 9.95. The smallest absolute Gasteiger partial charge is 0.417 e. The Bertz CT molecular complexity index is 783. The van der Waals surface area contributed by atoms with E-state index in [4.69, 9.17) is 4.74 Å². The Morgan fingerprint density at radius 3 is 2.16 bits per heavy atom. The number of alkyl halides is 6. The third-order valence-corrected chi connectivity index (χ3v) is 5.49. The van der Waals surface area contributed by atoms with Gasteiger partial charge in [0, 0.05) is 13.1 Å². The zero-order valence-electron chi connectivity index (χ0n) is 17.8. The first-order chi connectivity index (χ1) is 14.9. The number of nitrogens with zero attached hydrogens (tertiary/aromatic N) is 1. The summed E-state index contributed by atoms with van der Waals surface area (Å²) in [5.74, 6) is -2.04. The number of hydrogen-bond donors (Lipinski definition) is 0. The molecule has 1 aromatic rings. The first kappa shape index (κ1) is 26.0. The highest BCUT2D eigenvalue weighted by molar-refractivity contribution is 5.96. The zero-order chi connectivity index (χ0) is 23.9. The van der Waals surface area contributed by atoms with Gasteiger partial charge in [-0.25, -0.2) is 0 Å². The number of esters is 1. The molecule has 1 aliphatic rings. The summed E-state index contributed by atoms with van der Waals surface area (Å²) >= 11 is 0. The van der Waals surface area contributed by atoms with E-state index < -0.39 is 46.8 Å². The molecule has 1 aromatic carbocycles. The molecule has 1 amide bonds. The van der Waals surface area contributed by atoms with E-state index in [0.29, 0.717) is 12.7 Å². The van der Waals surface area contributed by atoms with E-state index in [-0.39, 0.29) is 38.1 Å². The van der Waals surface area contributed by atoms with Crippen LogP contribution in [0.25, 0.3) is 0 Å². The van der Waals surface area contributed by atoms with Gasteiger partial charge in [-0.15, -0.1) is 0 Å². The second kappa shape index (κ2) is 11.0. The lowest BCUT2D eigenvalue weighted by Crippen LogP contribution is -2.41. The monoisotopic (exact) mass is 467 g/mol. The summed E-state index contributed by atoms with van der Waals surface area (Å²) < 4.78 is 84.0. The van der Waals surface area contributed by atoms with Crippen LogP contribution in [0.5, 0.6) is 0 Å². The van der Waals surface area contributed by atoms with Crippen molar-refractivity contribution in [2.45, 2.75) is 64.2 Å². The molecule has 0 radical (unpaired) electrons. The molecule has 32 heavy (non-hydrogen) atoms. The van der Waals surface area contributed by atoms with Gasteiger partial charge in [-0.1, -0.05) is 32.6 Å². The van der Waals surface area contributed by atoms with E-state index in [1.807, 2.05) is 0 Å². The fourth-order valence-corrected chi connectivity index (χ4v) is 3.63. The third kappa shape index (κ3) is 7.13. The molecule has 0 spiro atoms. The minimum Gasteiger partial charge on any atom is -0.465 e. The van der Waals surface area contributed by atoms with E-state index in [1.54, 1.807) is 0 Å². The summed E-state index contributed by atoms with van der Waals surface area (Å²) in [5, 5.41) is 0. The highest BCUT2D eigenvalue weighted by atomic mass is 19.4. The molecule has 0 saturated carbocycles. The van der Waals surface area contributed by atoms with Crippen LogP contribution >= 0.6 is 0 Å². The van der Waals surface area contributed by atoms with Gasteiger partial charge in [0.1, 0.15) is 0 Å². The summed E-state index contributed by atoms with van der Waals surface area (Å²) in [6.45, 7) is 2.31. The quantitative estimate of drug-likeness (QED) is 0.264. The van der Waals surface area contributed by atoms with Gasteiger partial charge in [0.25, 0.3) is 5.91 Å². The van der Waals surface area contributed by atoms with Crippen LogP contribution in [0.15, 0.2) is 18.2 Å². The summed E-state index contributed by atoms with van der Waals surface area (Å²) in [7, 11) is 0. The van der Waals surface area contributed by atoms with Crippen LogP contribution in [-0.2, 0) is 21.9 Å². The molecule has 0 atom stereocenters. The SMILES string of the molecule is CCCCCCCOC(=O)C1CCN(C(=O)c2cc(C(F)(F)F)ccc2C(F)(F)F)CC1. The summed E-state index contributed by atoms with van der Waals surface area (Å²) in [6, 6.07) is 0.828. The Balaban J connectivity index is 1.99. The maximum Gasteiger partial charge on any atom is 0.417 e. The van der Waals surface area contributed by atoms with Gasteiger partial charge in [-0.05, 0) is 37.5 Å². The van der Waals surface area contributed by atoms with E-state index in [2.05, 4.69) is 6.92 Å². The maximum atomic E-state index is 13.3. The van der Waals surface area contributed by atoms with Crippen LogP contribution in [0.2, 0.25) is 0 Å². The number of piperidine rings is 1. The molecule has 2 rings (SSSR count). The number of amides is 1. The van der Waals surface area contributed by atoms with E-state index >= 15 is 0 Å². The fourth-order valence-electron chi connectivity index (χ4n) is 3.63. The van der Waals surface area contributed by atoms with Crippen molar-refractivity contribution in [3.05, 3.63) is 34.9 Å². The molecule has 1 saturated heterocycles. The Labute approximate surface area is 182 Å². The number of hydrogen-bond acceptors (Lipinski definition) is 3. The van der Waals surface area contributed by atoms with Crippen LogP contribution < -0.4 is 0 Å². The molecule has 4 nitrogen and oxygen atoms in total. The molecular weight excluding hydrogens is 440 g/mol. The number of benzene rings is 1. The second-order valence-corrected chi connectivity index (χ2v) is 7.90. The van der Waals surface area contributed by atoms with Crippen LogP contribution in [0, 0.1) is 5.92 Å². The predicted octanol–water partition coefficient (Wildman–Crippen LogP) is 6.09. The standard InChI is InChI=1S/C22H27F6NO3/c1-2-3-4-5-6-13-32-20(31)15-9-11-29(12-10-15)19(30)17-14-16(21(23,24)25)7-8-18(17)22(26,27)28/h7-8,14-15H,2-6,9-13H2,1H3. The largest absolute Gasteiger partial charge is 0.465 e. The minimum absolute atomic E-state index is 0.0390. The lowest BCUT2D eigenvalue weighted by Gasteiger charge is -2.31. The number of rotatable bonds is 8. The molecule has 1 aliphatic heterocycles. The van der Waals surface area contributed by atoms with Crippen molar-refractivity contribution < 1.29 is 40.7 Å². The minimum atomic E-state index is -4.98. The van der Waals surface area contributed by atoms with Crippen molar-refractivity contribution in [3.63, 3.8) is 0 Å². The third-order valence-electron chi connectivity index (χ3n) is 5.49. The van der Waals surface area contributed by atoms with Gasteiger partial charge >= 0.3 is 18.3 Å². The molecule has 0 unspecified atom stereocenters. The van der Waals surface area contributed by atoms with Crippen molar-refractivity contribution >= 4 is 11.9 Å². The Morgan fingerprint density at radius 1 is 0.969 bits per heavy atom. The molecule has 180 valence electrons. The lowest BCUT2D eigenvalue weighted by molar-refractivity contribution is -0.150. The van der Waals surface area contributed by atoms with E-state index in [1.165, 1.54) is 0 Å². The molecule has 1 heterocycles. The van der Waals surface area contributed by atoms with E-state index in [0.717, 1.165) is 37.0 Å². The number of unbranched alkanes of at least 4 members (excludes halogenated alkanes) is 4. The molecule has 0 aliphatic carbocycles. The summed E-state index contributed by atoms with van der Waals surface area (Å²) in [4.78, 5) is 25.9. The molecule has 0 bridgehead atoms.